The van der Waals surface area contributed by atoms with Gasteiger partial charge in [-0.25, -0.2) is 0 Å². The summed E-state index contributed by atoms with van der Waals surface area (Å²) in [6.07, 6.45) is 0.124. The Hall–Kier alpha value is -3.94. The molecule has 0 radical (unpaired) electrons. The van der Waals surface area contributed by atoms with E-state index in [9.17, 15) is 9.59 Å². The Labute approximate surface area is 219 Å². The molecule has 0 saturated carbocycles. The summed E-state index contributed by atoms with van der Waals surface area (Å²) in [6.45, 7) is 9.80. The fraction of sp³-hybridized carbons (Fsp3) is 0.379. The maximum atomic E-state index is 13.9. The van der Waals surface area contributed by atoms with Crippen molar-refractivity contribution in [2.45, 2.75) is 41.0 Å². The molecule has 0 spiro atoms. The normalized spacial score (nSPS) is 9.68. The maximum absolute atomic E-state index is 13.9. The van der Waals surface area contributed by atoms with E-state index in [1.165, 1.54) is 40.6 Å². The van der Waals surface area contributed by atoms with Crippen LogP contribution in [0.15, 0.2) is 45.6 Å². The summed E-state index contributed by atoms with van der Waals surface area (Å²) in [5.41, 5.74) is 1.62. The number of benzene rings is 2. The van der Waals surface area contributed by atoms with Gasteiger partial charge in [-0.05, 0) is 30.2 Å². The third-order valence-electron chi connectivity index (χ3n) is 5.16. The topological polar surface area (TPSA) is 93.4 Å². The molecule has 8 nitrogen and oxygen atoms in total. The Balaban J connectivity index is 0.00000163. The zero-order chi connectivity index (χ0) is 28.1. The molecular formula is C29H38O8. The molecule has 0 atom stereocenters. The molecule has 0 aliphatic rings. The zero-order valence-corrected chi connectivity index (χ0v) is 23.4. The van der Waals surface area contributed by atoms with E-state index in [4.69, 9.17) is 28.1 Å². The highest BCUT2D eigenvalue weighted by Crippen LogP contribution is 2.36. The van der Waals surface area contributed by atoms with Gasteiger partial charge in [-0.1, -0.05) is 27.7 Å². The molecule has 0 N–H and O–H groups in total. The highest BCUT2D eigenvalue weighted by Gasteiger charge is 2.26. The van der Waals surface area contributed by atoms with Crippen molar-refractivity contribution in [3.8, 4) is 28.9 Å². The number of hydrogen-bond donors (Lipinski definition) is 0. The molecule has 0 fully saturated rings. The van der Waals surface area contributed by atoms with Crippen molar-refractivity contribution < 1.29 is 32.9 Å². The summed E-state index contributed by atoms with van der Waals surface area (Å²) >= 11 is 0. The molecule has 1 aromatic heterocycles. The first-order valence-electron chi connectivity index (χ1n) is 12.0. The lowest BCUT2D eigenvalue weighted by Crippen LogP contribution is -2.12. The molecule has 0 bridgehead atoms. The molecular weight excluding hydrogens is 476 g/mol. The van der Waals surface area contributed by atoms with Gasteiger partial charge in [-0.2, -0.15) is 0 Å². The van der Waals surface area contributed by atoms with E-state index in [-0.39, 0.29) is 23.6 Å². The van der Waals surface area contributed by atoms with Crippen molar-refractivity contribution in [2.24, 2.45) is 0 Å². The molecule has 0 unspecified atom stereocenters. The quantitative estimate of drug-likeness (QED) is 0.328. The van der Waals surface area contributed by atoms with Gasteiger partial charge in [0, 0.05) is 24.6 Å². The van der Waals surface area contributed by atoms with Gasteiger partial charge in [0.25, 0.3) is 5.95 Å². The summed E-state index contributed by atoms with van der Waals surface area (Å²) in [7, 11) is 7.43. The Bertz CT molecular complexity index is 1230. The number of aryl methyl sites for hydroxylation is 1. The van der Waals surface area contributed by atoms with Crippen LogP contribution < -0.4 is 29.1 Å². The second-order valence-electron chi connectivity index (χ2n) is 7.17. The first kappa shape index (κ1) is 31.1. The minimum absolute atomic E-state index is 0.0768. The van der Waals surface area contributed by atoms with E-state index in [1.807, 2.05) is 27.7 Å². The van der Waals surface area contributed by atoms with Gasteiger partial charge in [-0.15, -0.1) is 0 Å². The van der Waals surface area contributed by atoms with Gasteiger partial charge in [0.05, 0.1) is 52.7 Å². The number of carbonyl (C=O) groups is 1. The number of carbonyl (C=O) groups excluding carboxylic acids is 1. The molecule has 0 saturated heterocycles. The summed E-state index contributed by atoms with van der Waals surface area (Å²) in [5.74, 6) is 1.83. The average Bonchev–Trinajstić information content (AvgIpc) is 2.93. The Morgan fingerprint density at radius 1 is 0.703 bits per heavy atom. The molecule has 0 aliphatic heterocycles. The van der Waals surface area contributed by atoms with E-state index in [2.05, 4.69) is 0 Å². The van der Waals surface area contributed by atoms with Crippen LogP contribution >= 0.6 is 0 Å². The lowest BCUT2D eigenvalue weighted by atomic mass is 9.91. The second kappa shape index (κ2) is 15.2. The minimum Gasteiger partial charge on any atom is -0.497 e. The van der Waals surface area contributed by atoms with Crippen LogP contribution in [-0.2, 0) is 6.42 Å². The van der Waals surface area contributed by atoms with Crippen molar-refractivity contribution in [3.05, 3.63) is 74.6 Å². The first-order valence-corrected chi connectivity index (χ1v) is 12.0. The maximum Gasteiger partial charge on any atom is 0.288 e. The molecule has 3 aromatic rings. The fourth-order valence-corrected chi connectivity index (χ4v) is 3.62. The third-order valence-corrected chi connectivity index (χ3v) is 5.16. The van der Waals surface area contributed by atoms with Gasteiger partial charge in [0.15, 0.2) is 5.43 Å². The van der Waals surface area contributed by atoms with Crippen molar-refractivity contribution in [1.82, 2.24) is 0 Å². The van der Waals surface area contributed by atoms with Crippen molar-refractivity contribution in [2.75, 3.05) is 35.5 Å². The van der Waals surface area contributed by atoms with Crippen LogP contribution in [0.3, 0.4) is 0 Å². The van der Waals surface area contributed by atoms with Crippen LogP contribution in [-0.4, -0.2) is 41.3 Å². The first-order chi connectivity index (χ1) is 17.8. The highest BCUT2D eigenvalue weighted by atomic mass is 16.6. The molecule has 202 valence electrons. The molecule has 0 amide bonds. The SMILES string of the molecule is CC.CC.COc1cc(C)c(C(=O)c2c(Cc3cc(=O)cc(OC)o3)cc(OC)cc2OC)c(OC)c1. The number of ether oxygens (including phenoxy) is 5. The van der Waals surface area contributed by atoms with Crippen LogP contribution in [0.5, 0.6) is 28.9 Å². The number of hydrogen-bond acceptors (Lipinski definition) is 8. The monoisotopic (exact) mass is 514 g/mol. The van der Waals surface area contributed by atoms with Crippen molar-refractivity contribution in [1.29, 1.82) is 0 Å². The minimum atomic E-state index is -0.313. The van der Waals surface area contributed by atoms with Crippen LogP contribution in [0.2, 0.25) is 0 Å². The third kappa shape index (κ3) is 7.52. The van der Waals surface area contributed by atoms with Crippen LogP contribution in [0.25, 0.3) is 0 Å². The Morgan fingerprint density at radius 2 is 1.24 bits per heavy atom. The number of ketones is 1. The fourth-order valence-electron chi connectivity index (χ4n) is 3.62. The predicted molar refractivity (Wildman–Crippen MR) is 144 cm³/mol. The average molecular weight is 515 g/mol. The molecule has 3 rings (SSSR count). The summed E-state index contributed by atoms with van der Waals surface area (Å²) in [4.78, 5) is 25.9. The van der Waals surface area contributed by atoms with Gasteiger partial charge >= 0.3 is 0 Å². The van der Waals surface area contributed by atoms with Crippen molar-refractivity contribution in [3.63, 3.8) is 0 Å². The molecule has 8 heteroatoms. The lowest BCUT2D eigenvalue weighted by molar-refractivity contribution is 0.103. The Kier molecular flexibility index (Phi) is 12.8. The summed E-state index contributed by atoms with van der Waals surface area (Å²) in [5, 5.41) is 0. The summed E-state index contributed by atoms with van der Waals surface area (Å²) in [6, 6.07) is 9.34. The number of methoxy groups -OCH3 is 5. The predicted octanol–water partition coefficient (Wildman–Crippen LogP) is 5.87. The number of rotatable bonds is 9. The smallest absolute Gasteiger partial charge is 0.288 e. The molecule has 37 heavy (non-hydrogen) atoms. The second-order valence-corrected chi connectivity index (χ2v) is 7.17. The van der Waals surface area contributed by atoms with Gasteiger partial charge in [0.1, 0.15) is 28.8 Å². The zero-order valence-electron chi connectivity index (χ0n) is 23.4. The van der Waals surface area contributed by atoms with Gasteiger partial charge in [-0.3, -0.25) is 9.59 Å². The van der Waals surface area contributed by atoms with E-state index in [1.54, 1.807) is 38.3 Å². The lowest BCUT2D eigenvalue weighted by Gasteiger charge is -2.18. The largest absolute Gasteiger partial charge is 0.497 e. The van der Waals surface area contributed by atoms with Crippen LogP contribution in [0.1, 0.15) is 60.5 Å². The van der Waals surface area contributed by atoms with Crippen LogP contribution in [0, 0.1) is 6.92 Å². The van der Waals surface area contributed by atoms with E-state index >= 15 is 0 Å². The Morgan fingerprint density at radius 3 is 1.76 bits per heavy atom. The van der Waals surface area contributed by atoms with Crippen molar-refractivity contribution >= 4 is 5.78 Å². The molecule has 1 heterocycles. The molecule has 0 aliphatic carbocycles. The standard InChI is InChI=1S/C25H26O8.2C2H6/c1-14-7-17(28-2)12-20(30-4)23(14)25(27)24-15(8-18(29-3)13-21(24)31-5)9-19-10-16(26)11-22(32-6)33-19;2*1-2/h7-8,10-13H,9H2,1-6H3;2*1-2H3. The van der Waals surface area contributed by atoms with E-state index in [0.29, 0.717) is 51.0 Å². The molecule has 2 aromatic carbocycles. The van der Waals surface area contributed by atoms with Gasteiger partial charge in [0.2, 0.25) is 5.78 Å². The van der Waals surface area contributed by atoms with E-state index < -0.39 is 0 Å². The highest BCUT2D eigenvalue weighted by molar-refractivity contribution is 6.14. The van der Waals surface area contributed by atoms with Crippen LogP contribution in [0.4, 0.5) is 0 Å². The van der Waals surface area contributed by atoms with Gasteiger partial charge < -0.3 is 28.1 Å². The summed E-state index contributed by atoms with van der Waals surface area (Å²) < 4.78 is 32.4. The van der Waals surface area contributed by atoms with E-state index in [0.717, 1.165) is 0 Å².